The first-order valence-electron chi connectivity index (χ1n) is 12.4. The van der Waals surface area contributed by atoms with E-state index < -0.39 is 12.1 Å². The summed E-state index contributed by atoms with van der Waals surface area (Å²) in [6.45, 7) is 4.03. The number of allylic oxidation sites excluding steroid dienone is 1. The number of hydrogen-bond donors (Lipinski definition) is 6. The molecule has 0 aliphatic heterocycles. The van der Waals surface area contributed by atoms with Gasteiger partial charge in [-0.3, -0.25) is 19.8 Å². The molecule has 2 atom stereocenters. The second-order valence-corrected chi connectivity index (χ2v) is 8.72. The van der Waals surface area contributed by atoms with E-state index in [1.54, 1.807) is 30.3 Å². The molecular formula is C26H41N5O4. The van der Waals surface area contributed by atoms with Crippen molar-refractivity contribution in [1.29, 1.82) is 5.41 Å². The zero-order valence-electron chi connectivity index (χ0n) is 20.9. The van der Waals surface area contributed by atoms with E-state index >= 15 is 0 Å². The number of rotatable bonds is 17. The van der Waals surface area contributed by atoms with Crippen LogP contribution >= 0.6 is 0 Å². The number of benzene rings is 1. The highest BCUT2D eigenvalue weighted by atomic mass is 16.3. The quantitative estimate of drug-likeness (QED) is 0.0858. The third-order valence-corrected chi connectivity index (χ3v) is 5.43. The van der Waals surface area contributed by atoms with Crippen molar-refractivity contribution in [2.24, 2.45) is 5.73 Å². The Hall–Kier alpha value is -3.36. The lowest BCUT2D eigenvalue weighted by molar-refractivity contribution is -0.129. The van der Waals surface area contributed by atoms with E-state index in [4.69, 9.17) is 11.1 Å². The van der Waals surface area contributed by atoms with E-state index in [0.29, 0.717) is 25.8 Å². The third kappa shape index (κ3) is 14.5. The second-order valence-electron chi connectivity index (χ2n) is 8.72. The van der Waals surface area contributed by atoms with Gasteiger partial charge < -0.3 is 26.8 Å². The van der Waals surface area contributed by atoms with Gasteiger partial charge in [-0.2, -0.15) is 0 Å². The molecule has 0 aliphatic carbocycles. The maximum atomic E-state index is 13.2. The summed E-state index contributed by atoms with van der Waals surface area (Å²) in [5.41, 5.74) is 6.10. The van der Waals surface area contributed by atoms with Crippen LogP contribution in [0.15, 0.2) is 36.4 Å². The first-order chi connectivity index (χ1) is 16.7. The maximum Gasteiger partial charge on any atom is 0.243 e. The van der Waals surface area contributed by atoms with Gasteiger partial charge in [-0.25, -0.2) is 0 Å². The highest BCUT2D eigenvalue weighted by Crippen LogP contribution is 2.12. The average molecular weight is 488 g/mol. The number of aromatic hydroxyl groups is 1. The SMILES string of the molecule is CCCCCCCC(=O)NC(Cc1ccc(O)cc1)C(=O)N[C@H](/C=C/C(C)=O)CCCNC(=N)N. The Morgan fingerprint density at radius 1 is 1.06 bits per heavy atom. The number of nitrogens with two attached hydrogens (primary N) is 1. The average Bonchev–Trinajstić information content (AvgIpc) is 2.80. The van der Waals surface area contributed by atoms with Gasteiger partial charge in [0.25, 0.3) is 0 Å². The molecule has 0 saturated carbocycles. The summed E-state index contributed by atoms with van der Waals surface area (Å²) in [7, 11) is 0. The van der Waals surface area contributed by atoms with E-state index in [-0.39, 0.29) is 35.7 Å². The zero-order chi connectivity index (χ0) is 26.1. The Balaban J connectivity index is 2.85. The van der Waals surface area contributed by atoms with Crippen LogP contribution in [0.2, 0.25) is 0 Å². The Morgan fingerprint density at radius 3 is 2.37 bits per heavy atom. The van der Waals surface area contributed by atoms with Crippen LogP contribution in [-0.2, 0) is 20.8 Å². The van der Waals surface area contributed by atoms with Gasteiger partial charge in [-0.1, -0.05) is 50.8 Å². The Kier molecular flexibility index (Phi) is 14.5. The Bertz CT molecular complexity index is 839. The topological polar surface area (TPSA) is 157 Å². The van der Waals surface area contributed by atoms with E-state index in [1.807, 2.05) is 0 Å². The number of guanidine groups is 1. The number of carbonyl (C=O) groups is 3. The van der Waals surface area contributed by atoms with Gasteiger partial charge in [0.05, 0.1) is 0 Å². The van der Waals surface area contributed by atoms with Gasteiger partial charge in [-0.05, 0) is 50.0 Å². The van der Waals surface area contributed by atoms with E-state index in [2.05, 4.69) is 22.9 Å². The van der Waals surface area contributed by atoms with Gasteiger partial charge in [-0.15, -0.1) is 0 Å². The van der Waals surface area contributed by atoms with Crippen LogP contribution in [0.5, 0.6) is 5.75 Å². The lowest BCUT2D eigenvalue weighted by Gasteiger charge is -2.22. The number of ketones is 1. The van der Waals surface area contributed by atoms with Crippen LogP contribution in [0.4, 0.5) is 0 Å². The predicted molar refractivity (Wildman–Crippen MR) is 138 cm³/mol. The summed E-state index contributed by atoms with van der Waals surface area (Å²) >= 11 is 0. The van der Waals surface area contributed by atoms with Crippen molar-refractivity contribution in [2.75, 3.05) is 6.54 Å². The van der Waals surface area contributed by atoms with Crippen molar-refractivity contribution in [1.82, 2.24) is 16.0 Å². The molecule has 0 saturated heterocycles. The summed E-state index contributed by atoms with van der Waals surface area (Å²) in [5, 5.41) is 25.3. The fraction of sp³-hybridized carbons (Fsp3) is 0.538. The van der Waals surface area contributed by atoms with Crippen molar-refractivity contribution < 1.29 is 19.5 Å². The smallest absolute Gasteiger partial charge is 0.243 e. The molecule has 194 valence electrons. The van der Waals surface area contributed by atoms with Crippen LogP contribution in [0, 0.1) is 5.41 Å². The lowest BCUT2D eigenvalue weighted by Crippen LogP contribution is -2.50. The van der Waals surface area contributed by atoms with Crippen LogP contribution in [0.25, 0.3) is 0 Å². The number of phenols is 1. The molecule has 2 amide bonds. The van der Waals surface area contributed by atoms with Crippen molar-refractivity contribution >= 4 is 23.6 Å². The maximum absolute atomic E-state index is 13.2. The zero-order valence-corrected chi connectivity index (χ0v) is 20.9. The normalized spacial score (nSPS) is 12.6. The number of unbranched alkanes of at least 4 members (excludes halogenated alkanes) is 4. The molecule has 1 rings (SSSR count). The molecule has 7 N–H and O–H groups in total. The molecule has 1 aromatic carbocycles. The minimum absolute atomic E-state index is 0.125. The van der Waals surface area contributed by atoms with Gasteiger partial charge in [0.1, 0.15) is 11.8 Å². The Labute approximate surface area is 208 Å². The number of nitrogens with one attached hydrogen (secondary N) is 4. The summed E-state index contributed by atoms with van der Waals surface area (Å²) in [4.78, 5) is 37.2. The molecule has 0 fully saturated rings. The number of hydrogen-bond acceptors (Lipinski definition) is 5. The largest absolute Gasteiger partial charge is 0.508 e. The number of amides is 2. The van der Waals surface area contributed by atoms with Gasteiger partial charge in [0.2, 0.25) is 11.8 Å². The second kappa shape index (κ2) is 17.1. The summed E-state index contributed by atoms with van der Waals surface area (Å²) < 4.78 is 0. The molecule has 1 aromatic rings. The minimum Gasteiger partial charge on any atom is -0.508 e. The van der Waals surface area contributed by atoms with Crippen molar-refractivity contribution in [3.8, 4) is 5.75 Å². The molecule has 0 bridgehead atoms. The third-order valence-electron chi connectivity index (χ3n) is 5.43. The van der Waals surface area contributed by atoms with Gasteiger partial charge in [0, 0.05) is 25.4 Å². The molecular weight excluding hydrogens is 446 g/mol. The highest BCUT2D eigenvalue weighted by Gasteiger charge is 2.23. The number of carbonyl (C=O) groups excluding carboxylic acids is 3. The van der Waals surface area contributed by atoms with Crippen molar-refractivity contribution in [3.05, 3.63) is 42.0 Å². The van der Waals surface area contributed by atoms with Crippen LogP contribution in [-0.4, -0.2) is 47.3 Å². The standard InChI is InChI=1S/C26H41N5O4/c1-3-4-5-6-7-10-24(34)31-23(18-20-12-15-22(33)16-13-20)25(35)30-21(14-11-19(2)32)9-8-17-29-26(27)28/h11-16,21,23,33H,3-10,17-18H2,1-2H3,(H,30,35)(H,31,34)(H4,27,28,29)/b14-11+/t21-,23?/m0/s1. The molecule has 9 heteroatoms. The number of phenolic OH excluding ortho intramolecular Hbond substituents is 1. The highest BCUT2D eigenvalue weighted by molar-refractivity contribution is 5.89. The van der Waals surface area contributed by atoms with Crippen LogP contribution in [0.3, 0.4) is 0 Å². The van der Waals surface area contributed by atoms with Gasteiger partial charge >= 0.3 is 0 Å². The molecule has 0 spiro atoms. The summed E-state index contributed by atoms with van der Waals surface area (Å²) in [6.07, 6.45) is 9.91. The van der Waals surface area contributed by atoms with Gasteiger partial charge in [0.15, 0.2) is 11.7 Å². The fourth-order valence-corrected chi connectivity index (χ4v) is 3.53. The molecule has 9 nitrogen and oxygen atoms in total. The molecule has 1 unspecified atom stereocenters. The monoisotopic (exact) mass is 487 g/mol. The molecule has 0 heterocycles. The molecule has 0 aromatic heterocycles. The predicted octanol–water partition coefficient (Wildman–Crippen LogP) is 2.67. The van der Waals surface area contributed by atoms with E-state index in [1.165, 1.54) is 13.0 Å². The van der Waals surface area contributed by atoms with Crippen LogP contribution < -0.4 is 21.7 Å². The molecule has 0 aliphatic rings. The summed E-state index contributed by atoms with van der Waals surface area (Å²) in [6, 6.07) is 5.29. The molecule has 35 heavy (non-hydrogen) atoms. The van der Waals surface area contributed by atoms with Crippen molar-refractivity contribution in [2.45, 2.75) is 83.7 Å². The minimum atomic E-state index is -0.800. The van der Waals surface area contributed by atoms with E-state index in [9.17, 15) is 19.5 Å². The van der Waals surface area contributed by atoms with E-state index in [0.717, 1.165) is 37.7 Å². The first-order valence-corrected chi connectivity index (χ1v) is 12.4. The van der Waals surface area contributed by atoms with Crippen LogP contribution in [0.1, 0.15) is 70.8 Å². The molecule has 0 radical (unpaired) electrons. The first kappa shape index (κ1) is 29.7. The lowest BCUT2D eigenvalue weighted by atomic mass is 10.0. The Morgan fingerprint density at radius 2 is 1.74 bits per heavy atom. The van der Waals surface area contributed by atoms with Crippen molar-refractivity contribution in [3.63, 3.8) is 0 Å². The summed E-state index contributed by atoms with van der Waals surface area (Å²) in [5.74, 6) is -0.670. The fourth-order valence-electron chi connectivity index (χ4n) is 3.53.